The van der Waals surface area contributed by atoms with Crippen LogP contribution in [0.25, 0.3) is 5.57 Å². The number of ether oxygens (including phenoxy) is 1. The van der Waals surface area contributed by atoms with Crippen molar-refractivity contribution in [2.24, 2.45) is 5.41 Å². The third-order valence-corrected chi connectivity index (χ3v) is 3.94. The molecule has 0 saturated carbocycles. The molecule has 0 bridgehead atoms. The lowest BCUT2D eigenvalue weighted by atomic mass is 9.85. The lowest BCUT2D eigenvalue weighted by Gasteiger charge is -2.23. The summed E-state index contributed by atoms with van der Waals surface area (Å²) in [6.45, 7) is 4.40. The van der Waals surface area contributed by atoms with Gasteiger partial charge in [0.25, 0.3) is 0 Å². The number of benzene rings is 2. The largest absolute Gasteiger partial charge is 0.493 e. The van der Waals surface area contributed by atoms with Gasteiger partial charge in [-0.25, -0.2) is 0 Å². The van der Waals surface area contributed by atoms with Crippen molar-refractivity contribution in [2.45, 2.75) is 20.0 Å². The number of hydrogen-bond acceptors (Lipinski definition) is 1. The summed E-state index contributed by atoms with van der Waals surface area (Å²) in [4.78, 5) is 0. The quantitative estimate of drug-likeness (QED) is 0.761. The molecular formula is C20H20O. The fourth-order valence-electron chi connectivity index (χ4n) is 2.57. The molecule has 0 N–H and O–H groups in total. The van der Waals surface area contributed by atoms with E-state index >= 15 is 0 Å². The molecule has 1 aliphatic rings. The van der Waals surface area contributed by atoms with Crippen molar-refractivity contribution in [3.8, 4) is 0 Å². The zero-order chi connectivity index (χ0) is 14.7. The van der Waals surface area contributed by atoms with Crippen LogP contribution in [0, 0.1) is 5.41 Å². The molecule has 0 spiro atoms. The Morgan fingerprint density at radius 3 is 1.86 bits per heavy atom. The Labute approximate surface area is 126 Å². The third kappa shape index (κ3) is 2.92. The van der Waals surface area contributed by atoms with Crippen molar-refractivity contribution in [3.63, 3.8) is 0 Å². The van der Waals surface area contributed by atoms with Crippen molar-refractivity contribution in [1.29, 1.82) is 0 Å². The van der Waals surface area contributed by atoms with Crippen LogP contribution in [0.2, 0.25) is 0 Å². The first-order valence-electron chi connectivity index (χ1n) is 7.33. The second-order valence-electron chi connectivity index (χ2n) is 5.99. The highest BCUT2D eigenvalue weighted by Gasteiger charge is 2.31. The molecular weight excluding hydrogens is 256 g/mol. The summed E-state index contributed by atoms with van der Waals surface area (Å²) in [5.74, 6) is 0. The fraction of sp³-hybridized carbons (Fsp3) is 0.200. The van der Waals surface area contributed by atoms with Crippen LogP contribution in [0.15, 0.2) is 79.1 Å². The van der Waals surface area contributed by atoms with E-state index in [9.17, 15) is 0 Å². The van der Waals surface area contributed by atoms with Gasteiger partial charge in [-0.1, -0.05) is 74.5 Å². The average molecular weight is 276 g/mol. The first-order chi connectivity index (χ1) is 10.2. The first-order valence-corrected chi connectivity index (χ1v) is 7.33. The lowest BCUT2D eigenvalue weighted by Crippen LogP contribution is -2.22. The van der Waals surface area contributed by atoms with Gasteiger partial charge in [0.2, 0.25) is 0 Å². The van der Waals surface area contributed by atoms with E-state index in [1.165, 1.54) is 16.7 Å². The fourth-order valence-corrected chi connectivity index (χ4v) is 2.57. The summed E-state index contributed by atoms with van der Waals surface area (Å²) in [6.07, 6.45) is 6.24. The molecule has 0 radical (unpaired) electrons. The molecule has 0 amide bonds. The van der Waals surface area contributed by atoms with Gasteiger partial charge in [-0.15, -0.1) is 0 Å². The summed E-state index contributed by atoms with van der Waals surface area (Å²) in [6, 6.07) is 21.0. The van der Waals surface area contributed by atoms with Crippen LogP contribution >= 0.6 is 0 Å². The second kappa shape index (κ2) is 5.61. The first kappa shape index (κ1) is 13.7. The van der Waals surface area contributed by atoms with Crippen LogP contribution in [0.3, 0.4) is 0 Å². The van der Waals surface area contributed by atoms with E-state index in [1.807, 2.05) is 18.4 Å². The lowest BCUT2D eigenvalue weighted by molar-refractivity contribution is 0.139. The molecule has 21 heavy (non-hydrogen) atoms. The van der Waals surface area contributed by atoms with Crippen molar-refractivity contribution >= 4 is 5.57 Å². The second-order valence-corrected chi connectivity index (χ2v) is 5.99. The third-order valence-electron chi connectivity index (χ3n) is 3.94. The van der Waals surface area contributed by atoms with Gasteiger partial charge in [0, 0.05) is 5.41 Å². The van der Waals surface area contributed by atoms with E-state index in [4.69, 9.17) is 4.74 Å². The Hall–Kier alpha value is -2.28. The average Bonchev–Trinajstić information content (AvgIpc) is 2.85. The van der Waals surface area contributed by atoms with Crippen LogP contribution in [0.1, 0.15) is 25.0 Å². The van der Waals surface area contributed by atoms with Crippen molar-refractivity contribution in [3.05, 3.63) is 90.2 Å². The van der Waals surface area contributed by atoms with Gasteiger partial charge in [0.05, 0.1) is 6.26 Å². The van der Waals surface area contributed by atoms with Gasteiger partial charge in [0.15, 0.2) is 0 Å². The van der Waals surface area contributed by atoms with Gasteiger partial charge in [0.1, 0.15) is 6.10 Å². The molecule has 0 aromatic heterocycles. The predicted octanol–water partition coefficient (Wildman–Crippen LogP) is 5.06. The molecule has 2 aromatic carbocycles. The maximum Gasteiger partial charge on any atom is 0.125 e. The Morgan fingerprint density at radius 2 is 1.43 bits per heavy atom. The van der Waals surface area contributed by atoms with E-state index in [0.29, 0.717) is 0 Å². The maximum atomic E-state index is 5.78. The van der Waals surface area contributed by atoms with Crippen LogP contribution in [-0.2, 0) is 4.74 Å². The van der Waals surface area contributed by atoms with E-state index in [1.54, 1.807) is 0 Å². The molecule has 106 valence electrons. The summed E-state index contributed by atoms with van der Waals surface area (Å²) < 4.78 is 5.78. The molecule has 0 saturated heterocycles. The molecule has 1 atom stereocenters. The highest BCUT2D eigenvalue weighted by molar-refractivity contribution is 5.80. The number of hydrogen-bond donors (Lipinski definition) is 0. The molecule has 2 aromatic rings. The Balaban J connectivity index is 2.05. The predicted molar refractivity (Wildman–Crippen MR) is 87.8 cm³/mol. The van der Waals surface area contributed by atoms with Gasteiger partial charge < -0.3 is 4.74 Å². The Bertz CT molecular complexity index is 609. The zero-order valence-electron chi connectivity index (χ0n) is 12.5. The normalized spacial score (nSPS) is 19.0. The minimum absolute atomic E-state index is 0.0226. The summed E-state index contributed by atoms with van der Waals surface area (Å²) in [5.41, 5.74) is 3.68. The molecule has 0 aliphatic carbocycles. The van der Waals surface area contributed by atoms with Crippen LogP contribution in [-0.4, -0.2) is 6.10 Å². The maximum absolute atomic E-state index is 5.78. The Kier molecular flexibility index (Phi) is 3.66. The van der Waals surface area contributed by atoms with Crippen LogP contribution in [0.4, 0.5) is 0 Å². The molecule has 1 nitrogen and oxygen atoms in total. The van der Waals surface area contributed by atoms with Gasteiger partial charge in [-0.2, -0.15) is 0 Å². The van der Waals surface area contributed by atoms with E-state index in [-0.39, 0.29) is 11.5 Å². The minimum atomic E-state index is 0.0226. The van der Waals surface area contributed by atoms with E-state index in [0.717, 1.165) is 0 Å². The van der Waals surface area contributed by atoms with E-state index < -0.39 is 0 Å². The summed E-state index contributed by atoms with van der Waals surface area (Å²) >= 11 is 0. The van der Waals surface area contributed by atoms with Gasteiger partial charge in [-0.05, 0) is 28.9 Å². The Morgan fingerprint density at radius 1 is 0.905 bits per heavy atom. The van der Waals surface area contributed by atoms with Crippen molar-refractivity contribution in [2.75, 3.05) is 0 Å². The molecule has 1 heterocycles. The molecule has 3 rings (SSSR count). The molecule has 1 unspecified atom stereocenters. The molecule has 1 heteroatoms. The summed E-state index contributed by atoms with van der Waals surface area (Å²) in [7, 11) is 0. The van der Waals surface area contributed by atoms with Gasteiger partial charge in [-0.3, -0.25) is 0 Å². The van der Waals surface area contributed by atoms with Crippen molar-refractivity contribution in [1.82, 2.24) is 0 Å². The van der Waals surface area contributed by atoms with Crippen LogP contribution in [0.5, 0.6) is 0 Å². The van der Waals surface area contributed by atoms with E-state index in [2.05, 4.69) is 74.5 Å². The summed E-state index contributed by atoms with van der Waals surface area (Å²) in [5, 5.41) is 0. The SMILES string of the molecule is CC1(C)C=COC1C=C(c1ccccc1)c1ccccc1. The topological polar surface area (TPSA) is 9.23 Å². The zero-order valence-corrected chi connectivity index (χ0v) is 12.5. The molecule has 1 aliphatic heterocycles. The monoisotopic (exact) mass is 276 g/mol. The molecule has 0 fully saturated rings. The van der Waals surface area contributed by atoms with Gasteiger partial charge >= 0.3 is 0 Å². The smallest absolute Gasteiger partial charge is 0.125 e. The highest BCUT2D eigenvalue weighted by Crippen LogP contribution is 2.35. The number of rotatable bonds is 3. The standard InChI is InChI=1S/C20H20O/c1-20(2)13-14-21-19(20)15-18(16-9-5-3-6-10-16)17-11-7-4-8-12-17/h3-15,19H,1-2H3. The highest BCUT2D eigenvalue weighted by atomic mass is 16.5. The van der Waals surface area contributed by atoms with Crippen molar-refractivity contribution < 1.29 is 4.74 Å². The minimum Gasteiger partial charge on any atom is -0.493 e. The van der Waals surface area contributed by atoms with Crippen LogP contribution < -0.4 is 0 Å².